The van der Waals surface area contributed by atoms with Crippen LogP contribution in [0, 0.1) is 14.9 Å². The van der Waals surface area contributed by atoms with E-state index in [1.165, 1.54) is 0 Å². The molecule has 0 bridgehead atoms. The third kappa shape index (κ3) is 1.84. The van der Waals surface area contributed by atoms with Crippen molar-refractivity contribution in [2.75, 3.05) is 5.73 Å². The van der Waals surface area contributed by atoms with Crippen molar-refractivity contribution in [3.8, 4) is 6.07 Å². The highest BCUT2D eigenvalue weighted by Crippen LogP contribution is 2.25. The lowest BCUT2D eigenvalue weighted by atomic mass is 10.2. The number of nitrogen functional groups attached to an aromatic ring is 1. The first-order chi connectivity index (χ1) is 5.15. The highest BCUT2D eigenvalue weighted by atomic mass is 127. The number of nitrogens with two attached hydrogens (primary N) is 1. The van der Waals surface area contributed by atoms with Crippen LogP contribution >= 0.6 is 38.5 Å². The van der Waals surface area contributed by atoms with Crippen molar-refractivity contribution in [3.05, 3.63) is 25.7 Å². The normalized spacial score (nSPS) is 9.18. The summed E-state index contributed by atoms with van der Waals surface area (Å²) in [6.07, 6.45) is 0. The molecule has 4 heteroatoms. The molecule has 11 heavy (non-hydrogen) atoms. The molecule has 0 unspecified atom stereocenters. The van der Waals surface area contributed by atoms with Crippen LogP contribution < -0.4 is 5.73 Å². The molecule has 0 aromatic heterocycles. The molecule has 0 heterocycles. The Morgan fingerprint density at radius 3 is 2.64 bits per heavy atom. The van der Waals surface area contributed by atoms with Gasteiger partial charge in [0.25, 0.3) is 0 Å². The molecule has 1 rings (SSSR count). The van der Waals surface area contributed by atoms with Crippen LogP contribution in [0.2, 0.25) is 0 Å². The first kappa shape index (κ1) is 8.81. The number of anilines is 1. The number of hydrogen-bond donors (Lipinski definition) is 1. The molecule has 2 nitrogen and oxygen atoms in total. The summed E-state index contributed by atoms with van der Waals surface area (Å²) in [5.74, 6) is 0. The Bertz CT molecular complexity index is 307. The molecule has 0 fully saturated rings. The average Bonchev–Trinajstić information content (AvgIpc) is 1.99. The SMILES string of the molecule is N#Cc1cc(N)c(I)c(Br)c1. The number of benzene rings is 1. The predicted molar refractivity (Wildman–Crippen MR) is 56.0 cm³/mol. The molecular weight excluding hydrogens is 319 g/mol. The van der Waals surface area contributed by atoms with Crippen LogP contribution in [0.5, 0.6) is 0 Å². The van der Waals surface area contributed by atoms with Gasteiger partial charge >= 0.3 is 0 Å². The average molecular weight is 323 g/mol. The van der Waals surface area contributed by atoms with Crippen LogP contribution in [0.15, 0.2) is 16.6 Å². The van der Waals surface area contributed by atoms with Gasteiger partial charge < -0.3 is 5.73 Å². The van der Waals surface area contributed by atoms with E-state index in [2.05, 4.69) is 38.5 Å². The second-order valence-corrected chi connectivity index (χ2v) is 3.91. The number of hydrogen-bond acceptors (Lipinski definition) is 2. The van der Waals surface area contributed by atoms with Crippen LogP contribution in [0.3, 0.4) is 0 Å². The highest BCUT2D eigenvalue weighted by molar-refractivity contribution is 14.1. The number of nitriles is 1. The van der Waals surface area contributed by atoms with Crippen molar-refractivity contribution in [3.63, 3.8) is 0 Å². The fourth-order valence-electron chi connectivity index (χ4n) is 0.675. The van der Waals surface area contributed by atoms with Crippen molar-refractivity contribution in [2.45, 2.75) is 0 Å². The van der Waals surface area contributed by atoms with E-state index in [-0.39, 0.29) is 0 Å². The van der Waals surface area contributed by atoms with E-state index in [0.29, 0.717) is 11.3 Å². The van der Waals surface area contributed by atoms with E-state index in [0.717, 1.165) is 8.04 Å². The smallest absolute Gasteiger partial charge is 0.0992 e. The van der Waals surface area contributed by atoms with Gasteiger partial charge in [0.1, 0.15) is 0 Å². The largest absolute Gasteiger partial charge is 0.398 e. The topological polar surface area (TPSA) is 49.8 Å². The third-order valence-electron chi connectivity index (χ3n) is 1.19. The lowest BCUT2D eigenvalue weighted by molar-refractivity contribution is 1.46. The van der Waals surface area contributed by atoms with Crippen LogP contribution in [-0.4, -0.2) is 0 Å². The van der Waals surface area contributed by atoms with Gasteiger partial charge in [-0.05, 0) is 50.7 Å². The summed E-state index contributed by atoms with van der Waals surface area (Å²) in [7, 11) is 0. The van der Waals surface area contributed by atoms with Crippen molar-refractivity contribution >= 4 is 44.2 Å². The molecule has 0 spiro atoms. The van der Waals surface area contributed by atoms with Gasteiger partial charge in [0.15, 0.2) is 0 Å². The number of halogens is 2. The van der Waals surface area contributed by atoms with Gasteiger partial charge in [-0.15, -0.1) is 0 Å². The van der Waals surface area contributed by atoms with Gasteiger partial charge in [-0.25, -0.2) is 0 Å². The minimum atomic E-state index is 0.579. The zero-order chi connectivity index (χ0) is 8.43. The molecule has 0 aliphatic heterocycles. The maximum Gasteiger partial charge on any atom is 0.0992 e. The maximum atomic E-state index is 8.55. The minimum Gasteiger partial charge on any atom is -0.398 e. The number of rotatable bonds is 0. The molecule has 0 saturated heterocycles. The maximum absolute atomic E-state index is 8.55. The van der Waals surface area contributed by atoms with E-state index in [1.54, 1.807) is 12.1 Å². The second-order valence-electron chi connectivity index (χ2n) is 1.97. The Labute approximate surface area is 86.7 Å². The highest BCUT2D eigenvalue weighted by Gasteiger charge is 2.02. The predicted octanol–water partition coefficient (Wildman–Crippen LogP) is 2.51. The summed E-state index contributed by atoms with van der Waals surface area (Å²) in [6.45, 7) is 0. The summed E-state index contributed by atoms with van der Waals surface area (Å²) in [6, 6.07) is 5.43. The van der Waals surface area contributed by atoms with E-state index in [9.17, 15) is 0 Å². The molecular formula is C7H4BrIN2. The lowest BCUT2D eigenvalue weighted by Gasteiger charge is -2.00. The van der Waals surface area contributed by atoms with Gasteiger partial charge in [0.05, 0.1) is 15.2 Å². The fourth-order valence-corrected chi connectivity index (χ4v) is 1.46. The summed E-state index contributed by atoms with van der Waals surface area (Å²) in [4.78, 5) is 0. The zero-order valence-electron chi connectivity index (χ0n) is 5.44. The van der Waals surface area contributed by atoms with Crippen molar-refractivity contribution in [1.82, 2.24) is 0 Å². The minimum absolute atomic E-state index is 0.579. The van der Waals surface area contributed by atoms with E-state index >= 15 is 0 Å². The Hall–Kier alpha value is -0.280. The molecule has 0 atom stereocenters. The van der Waals surface area contributed by atoms with Crippen LogP contribution in [0.1, 0.15) is 5.56 Å². The van der Waals surface area contributed by atoms with Gasteiger partial charge in [-0.3, -0.25) is 0 Å². The Balaban J connectivity index is 3.35. The summed E-state index contributed by atoms with van der Waals surface area (Å²) >= 11 is 5.42. The van der Waals surface area contributed by atoms with Crippen LogP contribution in [0.4, 0.5) is 5.69 Å². The van der Waals surface area contributed by atoms with E-state index in [1.807, 2.05) is 6.07 Å². The fraction of sp³-hybridized carbons (Fsp3) is 0. The molecule has 56 valence electrons. The zero-order valence-corrected chi connectivity index (χ0v) is 9.18. The van der Waals surface area contributed by atoms with Gasteiger partial charge in [-0.2, -0.15) is 5.26 Å². The number of nitrogens with zero attached hydrogens (tertiary/aromatic N) is 1. The third-order valence-corrected chi connectivity index (χ3v) is 3.76. The van der Waals surface area contributed by atoms with Crippen molar-refractivity contribution < 1.29 is 0 Å². The van der Waals surface area contributed by atoms with Crippen LogP contribution in [0.25, 0.3) is 0 Å². The molecule has 0 radical (unpaired) electrons. The molecule has 0 aliphatic carbocycles. The van der Waals surface area contributed by atoms with Gasteiger partial charge in [-0.1, -0.05) is 0 Å². The standard InChI is InChI=1S/C7H4BrIN2/c8-5-1-4(3-10)2-6(11)7(5)9/h1-2H,11H2. The molecule has 1 aromatic rings. The second kappa shape index (κ2) is 3.41. The molecule has 0 aliphatic rings. The lowest BCUT2D eigenvalue weighted by Crippen LogP contribution is -1.91. The van der Waals surface area contributed by atoms with Crippen molar-refractivity contribution in [1.29, 1.82) is 5.26 Å². The summed E-state index contributed by atoms with van der Waals surface area (Å²) < 4.78 is 1.82. The van der Waals surface area contributed by atoms with Gasteiger partial charge in [0.2, 0.25) is 0 Å². The van der Waals surface area contributed by atoms with Gasteiger partial charge in [0, 0.05) is 10.2 Å². The van der Waals surface area contributed by atoms with E-state index < -0.39 is 0 Å². The van der Waals surface area contributed by atoms with Crippen molar-refractivity contribution in [2.24, 2.45) is 0 Å². The molecule has 0 saturated carbocycles. The van der Waals surface area contributed by atoms with Crippen LogP contribution in [-0.2, 0) is 0 Å². The molecule has 2 N–H and O–H groups in total. The Morgan fingerprint density at radius 1 is 1.55 bits per heavy atom. The monoisotopic (exact) mass is 322 g/mol. The summed E-state index contributed by atoms with van der Waals surface area (Å²) in [5.41, 5.74) is 6.82. The first-order valence-corrected chi connectivity index (χ1v) is 4.67. The first-order valence-electron chi connectivity index (χ1n) is 2.79. The molecule has 1 aromatic carbocycles. The Morgan fingerprint density at radius 2 is 2.18 bits per heavy atom. The van der Waals surface area contributed by atoms with E-state index in [4.69, 9.17) is 11.0 Å². The Kier molecular flexibility index (Phi) is 2.73. The summed E-state index contributed by atoms with van der Waals surface area (Å²) in [5, 5.41) is 8.55. The quantitative estimate of drug-likeness (QED) is 0.589. The molecule has 0 amide bonds.